The molecule has 0 aliphatic rings. The molecule has 2 aromatic carbocycles. The van der Waals surface area contributed by atoms with Crippen molar-refractivity contribution in [2.24, 2.45) is 0 Å². The Labute approximate surface area is 133 Å². The molecule has 0 fully saturated rings. The third kappa shape index (κ3) is 4.62. The van der Waals surface area contributed by atoms with E-state index >= 15 is 0 Å². The lowest BCUT2D eigenvalue weighted by atomic mass is 10.0. The smallest absolute Gasteiger partial charge is 0.224 e. The van der Waals surface area contributed by atoms with E-state index in [1.165, 1.54) is 11.1 Å². The van der Waals surface area contributed by atoms with Crippen molar-refractivity contribution in [3.63, 3.8) is 0 Å². The Hall–Kier alpha value is -2.29. The summed E-state index contributed by atoms with van der Waals surface area (Å²) in [7, 11) is 2.03. The van der Waals surface area contributed by atoms with Gasteiger partial charge in [0.2, 0.25) is 5.91 Å². The molecule has 116 valence electrons. The number of anilines is 1. The van der Waals surface area contributed by atoms with Crippen LogP contribution < -0.4 is 10.2 Å². The van der Waals surface area contributed by atoms with Crippen LogP contribution >= 0.6 is 0 Å². The fourth-order valence-electron chi connectivity index (χ4n) is 2.45. The van der Waals surface area contributed by atoms with Crippen molar-refractivity contribution in [3.8, 4) is 0 Å². The van der Waals surface area contributed by atoms with Crippen molar-refractivity contribution in [1.29, 1.82) is 0 Å². The van der Waals surface area contributed by atoms with Gasteiger partial charge in [0.25, 0.3) is 0 Å². The van der Waals surface area contributed by atoms with Crippen molar-refractivity contribution in [1.82, 2.24) is 5.32 Å². The number of amides is 1. The van der Waals surface area contributed by atoms with E-state index in [0.29, 0.717) is 13.0 Å². The summed E-state index contributed by atoms with van der Waals surface area (Å²) < 4.78 is 0. The molecule has 0 saturated carbocycles. The number of aryl methyl sites for hydroxylation is 2. The van der Waals surface area contributed by atoms with Crippen molar-refractivity contribution in [2.75, 3.05) is 25.0 Å². The van der Waals surface area contributed by atoms with Gasteiger partial charge in [-0.1, -0.05) is 42.0 Å². The Morgan fingerprint density at radius 2 is 1.82 bits per heavy atom. The summed E-state index contributed by atoms with van der Waals surface area (Å²) in [5.74, 6) is 0.0772. The molecule has 0 aliphatic heterocycles. The highest BCUT2D eigenvalue weighted by molar-refractivity contribution is 5.79. The van der Waals surface area contributed by atoms with E-state index in [1.807, 2.05) is 31.3 Å². The van der Waals surface area contributed by atoms with E-state index in [9.17, 15) is 4.79 Å². The molecule has 0 heterocycles. The van der Waals surface area contributed by atoms with Crippen molar-refractivity contribution in [3.05, 3.63) is 65.2 Å². The van der Waals surface area contributed by atoms with Gasteiger partial charge in [0.15, 0.2) is 0 Å². The van der Waals surface area contributed by atoms with Gasteiger partial charge >= 0.3 is 0 Å². The van der Waals surface area contributed by atoms with Gasteiger partial charge in [0.05, 0.1) is 6.42 Å². The van der Waals surface area contributed by atoms with E-state index in [1.54, 1.807) is 0 Å². The number of hydrogen-bond donors (Lipinski definition) is 1. The van der Waals surface area contributed by atoms with Crippen molar-refractivity contribution < 1.29 is 4.79 Å². The second-order valence-electron chi connectivity index (χ2n) is 5.71. The monoisotopic (exact) mass is 296 g/mol. The number of para-hydroxylation sites is 1. The van der Waals surface area contributed by atoms with Crippen LogP contribution in [0.3, 0.4) is 0 Å². The number of nitrogens with zero attached hydrogens (tertiary/aromatic N) is 1. The van der Waals surface area contributed by atoms with Crippen molar-refractivity contribution in [2.45, 2.75) is 20.3 Å². The molecule has 0 unspecified atom stereocenters. The molecule has 0 spiro atoms. The van der Waals surface area contributed by atoms with Crippen LogP contribution in [0.15, 0.2) is 48.5 Å². The molecule has 0 aliphatic carbocycles. The molecule has 3 nitrogen and oxygen atoms in total. The lowest BCUT2D eigenvalue weighted by molar-refractivity contribution is -0.120. The minimum atomic E-state index is 0.0772. The topological polar surface area (TPSA) is 32.3 Å². The third-order valence-corrected chi connectivity index (χ3v) is 3.82. The molecule has 0 saturated heterocycles. The van der Waals surface area contributed by atoms with Crippen LogP contribution in [0.4, 0.5) is 5.69 Å². The number of carbonyl (C=O) groups is 1. The van der Waals surface area contributed by atoms with Crippen LogP contribution in [0.2, 0.25) is 0 Å². The Morgan fingerprint density at radius 1 is 1.09 bits per heavy atom. The molecule has 0 radical (unpaired) electrons. The van der Waals surface area contributed by atoms with E-state index in [-0.39, 0.29) is 5.91 Å². The predicted octanol–water partition coefficient (Wildman–Crippen LogP) is 3.10. The molecule has 1 N–H and O–H groups in total. The fourth-order valence-corrected chi connectivity index (χ4v) is 2.45. The van der Waals surface area contributed by atoms with E-state index < -0.39 is 0 Å². The van der Waals surface area contributed by atoms with Gasteiger partial charge in [0, 0.05) is 25.8 Å². The summed E-state index contributed by atoms with van der Waals surface area (Å²) in [4.78, 5) is 14.2. The summed E-state index contributed by atoms with van der Waals surface area (Å²) in [6.07, 6.45) is 0.446. The largest absolute Gasteiger partial charge is 0.373 e. The van der Waals surface area contributed by atoms with Gasteiger partial charge in [-0.25, -0.2) is 0 Å². The molecule has 0 aromatic heterocycles. The molecule has 0 bridgehead atoms. The maximum Gasteiger partial charge on any atom is 0.224 e. The summed E-state index contributed by atoms with van der Waals surface area (Å²) >= 11 is 0. The van der Waals surface area contributed by atoms with Gasteiger partial charge in [-0.3, -0.25) is 4.79 Å². The molecule has 1 amide bonds. The predicted molar refractivity (Wildman–Crippen MR) is 92.3 cm³/mol. The Balaban J connectivity index is 1.78. The number of nitrogens with one attached hydrogen (secondary N) is 1. The van der Waals surface area contributed by atoms with E-state index in [4.69, 9.17) is 0 Å². The second-order valence-corrected chi connectivity index (χ2v) is 5.71. The standard InChI is InChI=1S/C19H24N2O/c1-15-9-10-17(16(2)13-15)14-19(22)20-11-12-21(3)18-7-5-4-6-8-18/h4-10,13H,11-12,14H2,1-3H3,(H,20,22). The molecular formula is C19H24N2O. The quantitative estimate of drug-likeness (QED) is 0.888. The Morgan fingerprint density at radius 3 is 2.50 bits per heavy atom. The molecule has 2 rings (SSSR count). The molecule has 22 heavy (non-hydrogen) atoms. The average molecular weight is 296 g/mol. The zero-order valence-corrected chi connectivity index (χ0v) is 13.6. The zero-order chi connectivity index (χ0) is 15.9. The first-order chi connectivity index (χ1) is 10.6. The van der Waals surface area contributed by atoms with Gasteiger partial charge in [-0.05, 0) is 37.1 Å². The number of carbonyl (C=O) groups excluding carboxylic acids is 1. The number of hydrogen-bond acceptors (Lipinski definition) is 2. The minimum absolute atomic E-state index is 0.0772. The molecule has 0 atom stereocenters. The van der Waals surface area contributed by atoms with Crippen LogP contribution in [0.25, 0.3) is 0 Å². The number of rotatable bonds is 6. The molecule has 3 heteroatoms. The summed E-state index contributed by atoms with van der Waals surface area (Å²) in [6, 6.07) is 16.4. The summed E-state index contributed by atoms with van der Waals surface area (Å²) in [5.41, 5.74) is 4.66. The first kappa shape index (κ1) is 16.1. The van der Waals surface area contributed by atoms with E-state index in [2.05, 4.69) is 48.3 Å². The van der Waals surface area contributed by atoms with Crippen LogP contribution in [-0.2, 0) is 11.2 Å². The van der Waals surface area contributed by atoms with Crippen LogP contribution in [0, 0.1) is 13.8 Å². The zero-order valence-electron chi connectivity index (χ0n) is 13.6. The highest BCUT2D eigenvalue weighted by Gasteiger charge is 2.06. The average Bonchev–Trinajstić information content (AvgIpc) is 2.51. The maximum atomic E-state index is 12.0. The number of likely N-dealkylation sites (N-methyl/N-ethyl adjacent to an activating group) is 1. The van der Waals surface area contributed by atoms with Gasteiger partial charge in [-0.15, -0.1) is 0 Å². The Bertz CT molecular complexity index is 623. The second kappa shape index (κ2) is 7.64. The maximum absolute atomic E-state index is 12.0. The van der Waals surface area contributed by atoms with E-state index in [0.717, 1.165) is 17.8 Å². The fraction of sp³-hybridized carbons (Fsp3) is 0.316. The third-order valence-electron chi connectivity index (χ3n) is 3.82. The first-order valence-corrected chi connectivity index (χ1v) is 7.65. The van der Waals surface area contributed by atoms with Crippen LogP contribution in [0.5, 0.6) is 0 Å². The highest BCUT2D eigenvalue weighted by atomic mass is 16.1. The van der Waals surface area contributed by atoms with Crippen molar-refractivity contribution >= 4 is 11.6 Å². The Kier molecular flexibility index (Phi) is 5.59. The summed E-state index contributed by atoms with van der Waals surface area (Å²) in [5, 5.41) is 2.99. The minimum Gasteiger partial charge on any atom is -0.373 e. The highest BCUT2D eigenvalue weighted by Crippen LogP contribution is 2.11. The lowest BCUT2D eigenvalue weighted by Crippen LogP contribution is -2.33. The van der Waals surface area contributed by atoms with Gasteiger partial charge < -0.3 is 10.2 Å². The first-order valence-electron chi connectivity index (χ1n) is 7.65. The van der Waals surface area contributed by atoms with Crippen LogP contribution in [-0.4, -0.2) is 26.0 Å². The molecular weight excluding hydrogens is 272 g/mol. The number of benzene rings is 2. The van der Waals surface area contributed by atoms with Crippen LogP contribution in [0.1, 0.15) is 16.7 Å². The SMILES string of the molecule is Cc1ccc(CC(=O)NCCN(C)c2ccccc2)c(C)c1. The lowest BCUT2D eigenvalue weighted by Gasteiger charge is -2.19. The summed E-state index contributed by atoms with van der Waals surface area (Å²) in [6.45, 7) is 5.56. The molecule has 2 aromatic rings. The van der Waals surface area contributed by atoms with Gasteiger partial charge in [0.1, 0.15) is 0 Å². The normalized spacial score (nSPS) is 10.3. The van der Waals surface area contributed by atoms with Gasteiger partial charge in [-0.2, -0.15) is 0 Å².